The van der Waals surface area contributed by atoms with Crippen LogP contribution in [-0.4, -0.2) is 33.9 Å². The minimum absolute atomic E-state index is 0.141. The van der Waals surface area contributed by atoms with Crippen molar-refractivity contribution in [3.63, 3.8) is 0 Å². The van der Waals surface area contributed by atoms with Crippen molar-refractivity contribution in [2.45, 2.75) is 32.1 Å². The molecule has 7 heteroatoms. The quantitative estimate of drug-likeness (QED) is 0.464. The zero-order valence-corrected chi connectivity index (χ0v) is 19.4. The Morgan fingerprint density at radius 3 is 2.58 bits per heavy atom. The first kappa shape index (κ1) is 21.3. The number of hydrogen-bond acceptors (Lipinski definition) is 4. The molecule has 1 N–H and O–H groups in total. The monoisotopic (exact) mass is 459 g/mol. The van der Waals surface area contributed by atoms with Gasteiger partial charge in [-0.15, -0.1) is 11.3 Å². The first-order valence-electron chi connectivity index (χ1n) is 10.8. The Morgan fingerprint density at radius 2 is 1.85 bits per heavy atom. The Morgan fingerprint density at radius 1 is 1.09 bits per heavy atom. The van der Waals surface area contributed by atoms with Gasteiger partial charge in [0.2, 0.25) is 5.91 Å². The van der Waals surface area contributed by atoms with E-state index in [1.807, 2.05) is 83.6 Å². The predicted octanol–water partition coefficient (Wildman–Crippen LogP) is 4.44. The van der Waals surface area contributed by atoms with Crippen molar-refractivity contribution in [1.29, 1.82) is 0 Å². The van der Waals surface area contributed by atoms with Crippen LogP contribution >= 0.6 is 11.3 Å². The summed E-state index contributed by atoms with van der Waals surface area (Å²) in [7, 11) is 1.62. The van der Waals surface area contributed by atoms with Crippen molar-refractivity contribution in [2.75, 3.05) is 7.11 Å². The van der Waals surface area contributed by atoms with Crippen LogP contribution in [0.5, 0.6) is 5.75 Å². The number of rotatable bonds is 6. The van der Waals surface area contributed by atoms with Gasteiger partial charge in [-0.2, -0.15) is 0 Å². The Hall–Kier alpha value is -3.58. The minimum Gasteiger partial charge on any atom is -0.497 e. The van der Waals surface area contributed by atoms with Gasteiger partial charge in [-0.05, 0) is 47.7 Å². The first-order chi connectivity index (χ1) is 16.0. The number of ether oxygens (including phenoxy) is 1. The number of nitrogens with one attached hydrogen (secondary N) is 1. The first-order valence-corrected chi connectivity index (χ1v) is 11.7. The SMILES string of the molecule is COc1ccc(CN2C(=O)c3cc4ccsc4n3C[C@]2(C)C(=O)NCc2ccccc2)cc1. The Bertz CT molecular complexity index is 1310. The molecule has 168 valence electrons. The van der Waals surface area contributed by atoms with Crippen molar-refractivity contribution in [1.82, 2.24) is 14.8 Å². The van der Waals surface area contributed by atoms with E-state index in [1.165, 1.54) is 0 Å². The molecule has 1 aliphatic rings. The smallest absolute Gasteiger partial charge is 0.271 e. The Balaban J connectivity index is 1.50. The second-order valence-corrected chi connectivity index (χ2v) is 9.37. The van der Waals surface area contributed by atoms with E-state index in [0.717, 1.165) is 27.1 Å². The van der Waals surface area contributed by atoms with Crippen LogP contribution in [0.3, 0.4) is 0 Å². The average molecular weight is 460 g/mol. The van der Waals surface area contributed by atoms with Gasteiger partial charge in [0.15, 0.2) is 0 Å². The summed E-state index contributed by atoms with van der Waals surface area (Å²) in [4.78, 5) is 30.0. The highest BCUT2D eigenvalue weighted by atomic mass is 32.1. The topological polar surface area (TPSA) is 63.6 Å². The van der Waals surface area contributed by atoms with E-state index >= 15 is 0 Å². The Kier molecular flexibility index (Phi) is 5.42. The molecule has 0 aliphatic carbocycles. The highest BCUT2D eigenvalue weighted by Crippen LogP contribution is 2.35. The fourth-order valence-corrected chi connectivity index (χ4v) is 5.28. The number of amides is 2. The molecule has 0 unspecified atom stereocenters. The van der Waals surface area contributed by atoms with Gasteiger partial charge in [0, 0.05) is 18.5 Å². The van der Waals surface area contributed by atoms with Gasteiger partial charge in [-0.25, -0.2) is 0 Å². The van der Waals surface area contributed by atoms with Gasteiger partial charge in [-0.3, -0.25) is 9.59 Å². The summed E-state index contributed by atoms with van der Waals surface area (Å²) in [6.07, 6.45) is 0. The number of carbonyl (C=O) groups excluding carboxylic acids is 2. The van der Waals surface area contributed by atoms with E-state index in [2.05, 4.69) is 5.32 Å². The fourth-order valence-electron chi connectivity index (χ4n) is 4.39. The number of fused-ring (bicyclic) bond motifs is 3. The standard InChI is InChI=1S/C26H25N3O3S/c1-26(25(31)27-15-18-6-4-3-5-7-18)17-28-22(14-20-12-13-33-24(20)28)23(30)29(26)16-19-8-10-21(32-2)11-9-19/h3-14H,15-17H2,1-2H3,(H,27,31)/t26-/m1/s1. The molecule has 6 nitrogen and oxygen atoms in total. The highest BCUT2D eigenvalue weighted by Gasteiger charge is 2.47. The van der Waals surface area contributed by atoms with E-state index in [1.54, 1.807) is 23.3 Å². The molecule has 3 heterocycles. The van der Waals surface area contributed by atoms with Crippen LogP contribution in [0.1, 0.15) is 28.5 Å². The Labute approximate surface area is 196 Å². The lowest BCUT2D eigenvalue weighted by Gasteiger charge is -2.44. The lowest BCUT2D eigenvalue weighted by molar-refractivity contribution is -0.133. The number of thiophene rings is 1. The molecule has 0 saturated heterocycles. The summed E-state index contributed by atoms with van der Waals surface area (Å²) < 4.78 is 7.25. The number of aromatic nitrogens is 1. The second kappa shape index (κ2) is 8.41. The molecule has 2 amide bonds. The predicted molar refractivity (Wildman–Crippen MR) is 129 cm³/mol. The zero-order chi connectivity index (χ0) is 23.0. The van der Waals surface area contributed by atoms with E-state index in [4.69, 9.17) is 4.74 Å². The van der Waals surface area contributed by atoms with E-state index in [-0.39, 0.29) is 11.8 Å². The number of carbonyl (C=O) groups is 2. The molecule has 0 radical (unpaired) electrons. The van der Waals surface area contributed by atoms with Crippen molar-refractivity contribution in [2.24, 2.45) is 0 Å². The van der Waals surface area contributed by atoms with Gasteiger partial charge in [0.05, 0.1) is 13.7 Å². The molecule has 33 heavy (non-hydrogen) atoms. The van der Waals surface area contributed by atoms with Crippen LogP contribution in [0.4, 0.5) is 0 Å². The molecular formula is C26H25N3O3S. The molecule has 2 aromatic heterocycles. The highest BCUT2D eigenvalue weighted by molar-refractivity contribution is 7.16. The largest absolute Gasteiger partial charge is 0.497 e. The van der Waals surface area contributed by atoms with Crippen LogP contribution in [0.15, 0.2) is 72.1 Å². The summed E-state index contributed by atoms with van der Waals surface area (Å²) in [5.74, 6) is 0.441. The normalized spacial score (nSPS) is 17.8. The molecule has 2 aromatic carbocycles. The van der Waals surface area contributed by atoms with E-state index in [0.29, 0.717) is 25.3 Å². The van der Waals surface area contributed by atoms with Crippen molar-refractivity contribution < 1.29 is 14.3 Å². The summed E-state index contributed by atoms with van der Waals surface area (Å²) in [6.45, 7) is 3.00. The number of methoxy groups -OCH3 is 1. The fraction of sp³-hybridized carbons (Fsp3) is 0.231. The molecule has 1 atom stereocenters. The lowest BCUT2D eigenvalue weighted by atomic mass is 9.93. The summed E-state index contributed by atoms with van der Waals surface area (Å²) in [5, 5.41) is 6.11. The lowest BCUT2D eigenvalue weighted by Crippen LogP contribution is -2.63. The number of nitrogens with zero attached hydrogens (tertiary/aromatic N) is 2. The third kappa shape index (κ3) is 3.78. The van der Waals surface area contributed by atoms with Gasteiger partial charge in [0.1, 0.15) is 21.8 Å². The molecule has 0 fully saturated rings. The minimum atomic E-state index is -1.05. The number of benzene rings is 2. The maximum absolute atomic E-state index is 13.7. The van der Waals surface area contributed by atoms with Gasteiger partial charge >= 0.3 is 0 Å². The van der Waals surface area contributed by atoms with Gasteiger partial charge < -0.3 is 19.5 Å². The molecule has 5 rings (SSSR count). The maximum Gasteiger partial charge on any atom is 0.271 e. The van der Waals surface area contributed by atoms with Crippen LogP contribution in [0, 0.1) is 0 Å². The third-order valence-corrected chi connectivity index (χ3v) is 7.26. The van der Waals surface area contributed by atoms with E-state index in [9.17, 15) is 9.59 Å². The third-order valence-electron chi connectivity index (χ3n) is 6.31. The van der Waals surface area contributed by atoms with Crippen molar-refractivity contribution in [3.8, 4) is 5.75 Å². The van der Waals surface area contributed by atoms with E-state index < -0.39 is 5.54 Å². The van der Waals surface area contributed by atoms with Gasteiger partial charge in [0.25, 0.3) is 5.91 Å². The summed E-state index contributed by atoms with van der Waals surface area (Å²) in [6, 6.07) is 21.3. The molecule has 1 aliphatic heterocycles. The van der Waals surface area contributed by atoms with Gasteiger partial charge in [-0.1, -0.05) is 42.5 Å². The van der Waals surface area contributed by atoms with Crippen LogP contribution in [-0.2, 0) is 24.4 Å². The molecule has 0 bridgehead atoms. The van der Waals surface area contributed by atoms with Crippen molar-refractivity contribution in [3.05, 3.63) is 88.9 Å². The average Bonchev–Trinajstić information content (AvgIpc) is 3.44. The molecule has 0 saturated carbocycles. The second-order valence-electron chi connectivity index (χ2n) is 8.48. The zero-order valence-electron chi connectivity index (χ0n) is 18.6. The summed E-state index contributed by atoms with van der Waals surface area (Å²) >= 11 is 1.59. The maximum atomic E-state index is 13.7. The van der Waals surface area contributed by atoms with Crippen LogP contribution in [0.25, 0.3) is 10.2 Å². The van der Waals surface area contributed by atoms with Crippen LogP contribution < -0.4 is 10.1 Å². The number of hydrogen-bond donors (Lipinski definition) is 1. The summed E-state index contributed by atoms with van der Waals surface area (Å²) in [5.41, 5.74) is 1.53. The molecule has 0 spiro atoms. The van der Waals surface area contributed by atoms with Crippen molar-refractivity contribution >= 4 is 33.4 Å². The van der Waals surface area contributed by atoms with Crippen LogP contribution in [0.2, 0.25) is 0 Å². The molecular weight excluding hydrogens is 434 g/mol. The molecule has 4 aromatic rings.